The first-order valence-corrected chi connectivity index (χ1v) is 12.6. The summed E-state index contributed by atoms with van der Waals surface area (Å²) in [6, 6.07) is 7.76. The Morgan fingerprint density at radius 3 is 2.70 bits per heavy atom. The van der Waals surface area contributed by atoms with Crippen molar-refractivity contribution < 1.29 is 19.1 Å². The molecule has 1 aromatic heterocycles. The van der Waals surface area contributed by atoms with Crippen LogP contribution in [0.2, 0.25) is 0 Å². The van der Waals surface area contributed by atoms with Crippen molar-refractivity contribution in [2.24, 2.45) is 5.92 Å². The van der Waals surface area contributed by atoms with Crippen LogP contribution in [0.25, 0.3) is 11.3 Å². The van der Waals surface area contributed by atoms with Gasteiger partial charge in [0.2, 0.25) is 5.91 Å². The monoisotopic (exact) mass is 515 g/mol. The standard InChI is InChI=1S/C25H30BrN3O4/c1-32-25(31)28-22(16-11-13-33-14-16)24(30)29-12-3-6-20(29)23-19-5-2-4-18(19)21(27-23)15-7-9-17(26)10-8-15/h7-10,16,20,22,27H,2-6,11-14H2,1H3,(H,28,31). The maximum Gasteiger partial charge on any atom is 0.407 e. The minimum atomic E-state index is -0.630. The molecule has 2 saturated heterocycles. The zero-order valence-corrected chi connectivity index (χ0v) is 20.4. The normalized spacial score (nSPS) is 22.9. The topological polar surface area (TPSA) is 83.7 Å². The maximum atomic E-state index is 13.8. The van der Waals surface area contributed by atoms with Gasteiger partial charge in [-0.3, -0.25) is 4.79 Å². The molecule has 176 valence electrons. The fourth-order valence-electron chi connectivity index (χ4n) is 5.64. The lowest BCUT2D eigenvalue weighted by atomic mass is 9.96. The molecule has 7 nitrogen and oxygen atoms in total. The molecule has 2 aliphatic heterocycles. The van der Waals surface area contributed by atoms with Gasteiger partial charge in [-0.2, -0.15) is 0 Å². The Bertz CT molecular complexity index is 1030. The van der Waals surface area contributed by atoms with Gasteiger partial charge in [-0.1, -0.05) is 28.1 Å². The van der Waals surface area contributed by atoms with Gasteiger partial charge < -0.3 is 24.7 Å². The molecule has 0 bridgehead atoms. The maximum absolute atomic E-state index is 13.8. The summed E-state index contributed by atoms with van der Waals surface area (Å²) in [5.74, 6) is -0.0736. The Labute approximate surface area is 202 Å². The predicted octanol–water partition coefficient (Wildman–Crippen LogP) is 4.36. The van der Waals surface area contributed by atoms with Gasteiger partial charge in [0.05, 0.1) is 19.8 Å². The second-order valence-electron chi connectivity index (χ2n) is 9.16. The van der Waals surface area contributed by atoms with E-state index in [-0.39, 0.29) is 17.9 Å². The van der Waals surface area contributed by atoms with Gasteiger partial charge in [0.15, 0.2) is 0 Å². The fraction of sp³-hybridized carbons (Fsp3) is 0.520. The number of methoxy groups -OCH3 is 1. The third-order valence-corrected chi connectivity index (χ3v) is 7.80. The molecule has 3 heterocycles. The molecule has 1 aromatic carbocycles. The molecule has 3 aliphatic rings. The Hall–Kier alpha value is -2.32. The second kappa shape index (κ2) is 9.50. The fourth-order valence-corrected chi connectivity index (χ4v) is 5.91. The van der Waals surface area contributed by atoms with Gasteiger partial charge in [0.25, 0.3) is 0 Å². The Morgan fingerprint density at radius 1 is 1.18 bits per heavy atom. The molecule has 5 rings (SSSR count). The number of ether oxygens (including phenoxy) is 2. The van der Waals surface area contributed by atoms with E-state index in [0.29, 0.717) is 19.8 Å². The van der Waals surface area contributed by atoms with Crippen LogP contribution in [0.15, 0.2) is 28.7 Å². The molecule has 8 heteroatoms. The summed E-state index contributed by atoms with van der Waals surface area (Å²) < 4.78 is 11.4. The molecule has 0 saturated carbocycles. The van der Waals surface area contributed by atoms with Crippen molar-refractivity contribution >= 4 is 27.9 Å². The Kier molecular flexibility index (Phi) is 6.47. The van der Waals surface area contributed by atoms with Crippen LogP contribution < -0.4 is 5.32 Å². The van der Waals surface area contributed by atoms with E-state index >= 15 is 0 Å². The van der Waals surface area contributed by atoms with Crippen LogP contribution in [0.1, 0.15) is 48.5 Å². The number of carbonyl (C=O) groups is 2. The van der Waals surface area contributed by atoms with E-state index < -0.39 is 12.1 Å². The number of hydrogen-bond donors (Lipinski definition) is 2. The number of H-pyrrole nitrogens is 1. The summed E-state index contributed by atoms with van der Waals surface area (Å²) in [5, 5.41) is 2.80. The molecule has 1 aliphatic carbocycles. The summed E-state index contributed by atoms with van der Waals surface area (Å²) in [6.45, 7) is 1.78. The lowest BCUT2D eigenvalue weighted by Crippen LogP contribution is -2.52. The zero-order valence-electron chi connectivity index (χ0n) is 18.9. The van der Waals surface area contributed by atoms with Gasteiger partial charge in [-0.25, -0.2) is 4.79 Å². The Morgan fingerprint density at radius 2 is 1.97 bits per heavy atom. The van der Waals surface area contributed by atoms with Gasteiger partial charge in [-0.15, -0.1) is 0 Å². The van der Waals surface area contributed by atoms with E-state index in [1.165, 1.54) is 35.2 Å². The van der Waals surface area contributed by atoms with Gasteiger partial charge in [0.1, 0.15) is 6.04 Å². The van der Waals surface area contributed by atoms with Crippen molar-refractivity contribution in [3.8, 4) is 11.3 Å². The van der Waals surface area contributed by atoms with Crippen molar-refractivity contribution in [1.29, 1.82) is 0 Å². The quantitative estimate of drug-likeness (QED) is 0.619. The summed E-state index contributed by atoms with van der Waals surface area (Å²) in [4.78, 5) is 31.5. The third kappa shape index (κ3) is 4.30. The number of hydrogen-bond acceptors (Lipinski definition) is 4. The number of alkyl carbamates (subject to hydrolysis) is 1. The first-order valence-electron chi connectivity index (χ1n) is 11.8. The number of likely N-dealkylation sites (tertiary alicyclic amines) is 1. The molecule has 0 radical (unpaired) electrons. The second-order valence-corrected chi connectivity index (χ2v) is 10.1. The molecular weight excluding hydrogens is 486 g/mol. The summed E-state index contributed by atoms with van der Waals surface area (Å²) in [5.41, 5.74) is 6.29. The molecule has 2 aromatic rings. The zero-order chi connectivity index (χ0) is 22.9. The average molecular weight is 516 g/mol. The molecular formula is C25H30BrN3O4. The van der Waals surface area contributed by atoms with Crippen LogP contribution in [0, 0.1) is 5.92 Å². The van der Waals surface area contributed by atoms with Crippen LogP contribution in [0.3, 0.4) is 0 Å². The highest BCUT2D eigenvalue weighted by Gasteiger charge is 2.41. The molecule has 33 heavy (non-hydrogen) atoms. The van der Waals surface area contributed by atoms with E-state index in [4.69, 9.17) is 9.47 Å². The predicted molar refractivity (Wildman–Crippen MR) is 128 cm³/mol. The van der Waals surface area contributed by atoms with Crippen LogP contribution >= 0.6 is 15.9 Å². The van der Waals surface area contributed by atoms with Crippen molar-refractivity contribution in [2.45, 2.75) is 50.6 Å². The number of benzene rings is 1. The summed E-state index contributed by atoms with van der Waals surface area (Å²) in [6.07, 6.45) is 5.29. The van der Waals surface area contributed by atoms with E-state index in [2.05, 4.69) is 50.5 Å². The first kappa shape index (κ1) is 22.5. The van der Waals surface area contributed by atoms with E-state index in [0.717, 1.165) is 43.0 Å². The number of amides is 2. The number of rotatable bonds is 5. The van der Waals surface area contributed by atoms with Crippen molar-refractivity contribution in [1.82, 2.24) is 15.2 Å². The Balaban J connectivity index is 1.46. The van der Waals surface area contributed by atoms with E-state index in [1.54, 1.807) is 0 Å². The van der Waals surface area contributed by atoms with Crippen LogP contribution in [-0.2, 0) is 27.1 Å². The molecule has 2 amide bonds. The van der Waals surface area contributed by atoms with Crippen molar-refractivity contribution in [2.75, 3.05) is 26.9 Å². The van der Waals surface area contributed by atoms with Crippen molar-refractivity contribution in [3.05, 3.63) is 45.6 Å². The summed E-state index contributed by atoms with van der Waals surface area (Å²) >= 11 is 3.52. The highest BCUT2D eigenvalue weighted by molar-refractivity contribution is 9.10. The van der Waals surface area contributed by atoms with Gasteiger partial charge in [0, 0.05) is 34.9 Å². The van der Waals surface area contributed by atoms with Crippen molar-refractivity contribution in [3.63, 3.8) is 0 Å². The van der Waals surface area contributed by atoms with E-state index in [9.17, 15) is 9.59 Å². The smallest absolute Gasteiger partial charge is 0.407 e. The lowest BCUT2D eigenvalue weighted by Gasteiger charge is -2.31. The number of nitrogens with zero attached hydrogens (tertiary/aromatic N) is 1. The third-order valence-electron chi connectivity index (χ3n) is 7.27. The minimum Gasteiger partial charge on any atom is -0.453 e. The van der Waals surface area contributed by atoms with E-state index in [1.807, 2.05) is 4.90 Å². The summed E-state index contributed by atoms with van der Waals surface area (Å²) in [7, 11) is 1.33. The minimum absolute atomic E-state index is 0.00202. The number of aromatic nitrogens is 1. The lowest BCUT2D eigenvalue weighted by molar-refractivity contribution is -0.135. The van der Waals surface area contributed by atoms with Gasteiger partial charge in [-0.05, 0) is 67.3 Å². The SMILES string of the molecule is COC(=O)NC(C(=O)N1CCCC1c1[nH]c(-c2ccc(Br)cc2)c2c1CCC2)C1CCOC1. The van der Waals surface area contributed by atoms with Crippen LogP contribution in [0.5, 0.6) is 0 Å². The largest absolute Gasteiger partial charge is 0.453 e. The average Bonchev–Trinajstić information content (AvgIpc) is 3.61. The number of nitrogens with one attached hydrogen (secondary N) is 2. The number of fused-ring (bicyclic) bond motifs is 1. The van der Waals surface area contributed by atoms with Crippen LogP contribution in [-0.4, -0.2) is 54.8 Å². The number of aromatic amines is 1. The van der Waals surface area contributed by atoms with Crippen LogP contribution in [0.4, 0.5) is 4.79 Å². The molecule has 3 unspecified atom stereocenters. The highest BCUT2D eigenvalue weighted by Crippen LogP contribution is 2.42. The number of halogens is 1. The molecule has 3 atom stereocenters. The molecule has 0 spiro atoms. The molecule has 2 fully saturated rings. The van der Waals surface area contributed by atoms with Gasteiger partial charge >= 0.3 is 6.09 Å². The highest BCUT2D eigenvalue weighted by atomic mass is 79.9. The number of carbonyl (C=O) groups excluding carboxylic acids is 2. The first-order chi connectivity index (χ1) is 16.1. The molecule has 2 N–H and O–H groups in total.